The average molecular weight is 329 g/mol. The van der Waals surface area contributed by atoms with Crippen LogP contribution in [0.5, 0.6) is 0 Å². The maximum Gasteiger partial charge on any atom is 0.305 e. The fourth-order valence-electron chi connectivity index (χ4n) is 1.89. The lowest BCUT2D eigenvalue weighted by molar-refractivity contribution is 0.377. The van der Waals surface area contributed by atoms with Crippen LogP contribution in [0.25, 0.3) is 0 Å². The molecule has 1 aromatic rings. The first-order valence-electron chi connectivity index (χ1n) is 5.47. The van der Waals surface area contributed by atoms with Crippen LogP contribution in [0.2, 0.25) is 0 Å². The van der Waals surface area contributed by atoms with Crippen LogP contribution in [0.15, 0.2) is 52.7 Å². The van der Waals surface area contributed by atoms with Gasteiger partial charge in [0.2, 0.25) is 0 Å². The minimum Gasteiger partial charge on any atom is -0.386 e. The predicted molar refractivity (Wildman–Crippen MR) is 74.7 cm³/mol. The van der Waals surface area contributed by atoms with Gasteiger partial charge in [-0.3, -0.25) is 0 Å². The highest BCUT2D eigenvalue weighted by molar-refractivity contribution is 9.10. The summed E-state index contributed by atoms with van der Waals surface area (Å²) in [5, 5.41) is 0. The summed E-state index contributed by atoms with van der Waals surface area (Å²) in [7, 11) is -3.49. The monoisotopic (exact) mass is 328 g/mol. The summed E-state index contributed by atoms with van der Waals surface area (Å²) >= 11 is 3.41. The number of halogens is 1. The molecule has 0 aromatic heterocycles. The fraction of sp³-hybridized carbons (Fsp3) is 0.231. The van der Waals surface area contributed by atoms with Gasteiger partial charge in [0, 0.05) is 10.4 Å². The van der Waals surface area contributed by atoms with E-state index in [4.69, 9.17) is 4.18 Å². The molecule has 1 aliphatic carbocycles. The highest BCUT2D eigenvalue weighted by atomic mass is 79.9. The van der Waals surface area contributed by atoms with Gasteiger partial charge in [-0.25, -0.2) is 0 Å². The number of hydrogen-bond donors (Lipinski definition) is 0. The van der Waals surface area contributed by atoms with Crippen LogP contribution in [0.1, 0.15) is 17.9 Å². The SMILES string of the molecule is CS(=O)(=O)OC1=CC=CC[C@H]1c1cccc(Br)c1. The lowest BCUT2D eigenvalue weighted by Crippen LogP contribution is -2.11. The smallest absolute Gasteiger partial charge is 0.305 e. The normalized spacial score (nSPS) is 19.4. The van der Waals surface area contributed by atoms with Crippen LogP contribution in [0.3, 0.4) is 0 Å². The zero-order valence-electron chi connectivity index (χ0n) is 9.84. The standard InChI is InChI=1S/C13H13BrO3S/c1-18(15,16)17-13-8-3-2-7-12(13)10-5-4-6-11(14)9-10/h2-6,8-9,12H,7H2,1H3/t12-/m0/s1. The first-order valence-corrected chi connectivity index (χ1v) is 8.08. The molecule has 0 fully saturated rings. The van der Waals surface area contributed by atoms with Crippen molar-refractivity contribution in [1.29, 1.82) is 0 Å². The fourth-order valence-corrected chi connectivity index (χ4v) is 2.83. The molecule has 5 heteroatoms. The topological polar surface area (TPSA) is 43.4 Å². The molecule has 0 N–H and O–H groups in total. The highest BCUT2D eigenvalue weighted by Gasteiger charge is 2.22. The van der Waals surface area contributed by atoms with Crippen LogP contribution in [-0.2, 0) is 14.3 Å². The molecule has 0 spiro atoms. The summed E-state index contributed by atoms with van der Waals surface area (Å²) in [6.07, 6.45) is 7.31. The molecule has 96 valence electrons. The molecule has 0 bridgehead atoms. The summed E-state index contributed by atoms with van der Waals surface area (Å²) in [6, 6.07) is 7.80. The van der Waals surface area contributed by atoms with Gasteiger partial charge in [-0.05, 0) is 30.2 Å². The maximum atomic E-state index is 11.2. The molecular formula is C13H13BrO3S. The third-order valence-corrected chi connectivity index (χ3v) is 3.60. The molecule has 1 aromatic carbocycles. The van der Waals surface area contributed by atoms with Gasteiger partial charge in [0.15, 0.2) is 0 Å². The largest absolute Gasteiger partial charge is 0.386 e. The van der Waals surface area contributed by atoms with E-state index in [9.17, 15) is 8.42 Å². The Morgan fingerprint density at radius 1 is 1.39 bits per heavy atom. The van der Waals surface area contributed by atoms with Crippen molar-refractivity contribution < 1.29 is 12.6 Å². The van der Waals surface area contributed by atoms with E-state index in [1.165, 1.54) is 0 Å². The minimum absolute atomic E-state index is 0.0535. The lowest BCUT2D eigenvalue weighted by Gasteiger charge is -2.21. The minimum atomic E-state index is -3.49. The number of allylic oxidation sites excluding steroid dienone is 4. The lowest BCUT2D eigenvalue weighted by atomic mass is 9.91. The molecule has 18 heavy (non-hydrogen) atoms. The average Bonchev–Trinajstić information content (AvgIpc) is 2.27. The van der Waals surface area contributed by atoms with E-state index in [1.807, 2.05) is 36.4 Å². The molecule has 2 rings (SSSR count). The Morgan fingerprint density at radius 3 is 2.83 bits per heavy atom. The second-order valence-electron chi connectivity index (χ2n) is 4.13. The van der Waals surface area contributed by atoms with E-state index in [-0.39, 0.29) is 5.92 Å². The number of rotatable bonds is 3. The summed E-state index contributed by atoms with van der Waals surface area (Å²) in [4.78, 5) is 0. The van der Waals surface area contributed by atoms with Gasteiger partial charge in [0.05, 0.1) is 6.26 Å². The molecular weight excluding hydrogens is 316 g/mol. The Labute approximate surface area is 115 Å². The third-order valence-electron chi connectivity index (χ3n) is 2.61. The Kier molecular flexibility index (Phi) is 3.92. The summed E-state index contributed by atoms with van der Waals surface area (Å²) in [5.41, 5.74) is 1.03. The number of hydrogen-bond acceptors (Lipinski definition) is 3. The molecule has 1 aliphatic rings. The van der Waals surface area contributed by atoms with Gasteiger partial charge in [-0.1, -0.05) is 40.2 Å². The van der Waals surface area contributed by atoms with Gasteiger partial charge in [-0.2, -0.15) is 8.42 Å². The van der Waals surface area contributed by atoms with Gasteiger partial charge in [0.1, 0.15) is 5.76 Å². The molecule has 0 saturated carbocycles. The van der Waals surface area contributed by atoms with E-state index in [2.05, 4.69) is 15.9 Å². The Morgan fingerprint density at radius 2 is 2.17 bits per heavy atom. The van der Waals surface area contributed by atoms with Gasteiger partial charge in [0.25, 0.3) is 0 Å². The first-order chi connectivity index (χ1) is 8.46. The Hall–Kier alpha value is -1.07. The van der Waals surface area contributed by atoms with Crippen molar-refractivity contribution in [2.45, 2.75) is 12.3 Å². The molecule has 0 amide bonds. The molecule has 0 aliphatic heterocycles. The molecule has 0 heterocycles. The van der Waals surface area contributed by atoms with Crippen LogP contribution in [-0.4, -0.2) is 14.7 Å². The predicted octanol–water partition coefficient (Wildman–Crippen LogP) is 3.35. The van der Waals surface area contributed by atoms with E-state index in [0.29, 0.717) is 5.76 Å². The van der Waals surface area contributed by atoms with Crippen LogP contribution >= 0.6 is 15.9 Å². The highest BCUT2D eigenvalue weighted by Crippen LogP contribution is 2.33. The molecule has 0 saturated heterocycles. The van der Waals surface area contributed by atoms with Crippen molar-refractivity contribution in [1.82, 2.24) is 0 Å². The first kappa shape index (κ1) is 13.4. The second kappa shape index (κ2) is 5.28. The van der Waals surface area contributed by atoms with Gasteiger partial charge < -0.3 is 4.18 Å². The summed E-state index contributed by atoms with van der Waals surface area (Å²) in [5.74, 6) is 0.417. The second-order valence-corrected chi connectivity index (χ2v) is 6.62. The van der Waals surface area contributed by atoms with E-state index in [0.717, 1.165) is 22.7 Å². The van der Waals surface area contributed by atoms with Crippen molar-refractivity contribution in [2.75, 3.05) is 6.26 Å². The van der Waals surface area contributed by atoms with E-state index in [1.54, 1.807) is 6.08 Å². The van der Waals surface area contributed by atoms with Crippen LogP contribution in [0, 0.1) is 0 Å². The van der Waals surface area contributed by atoms with Crippen LogP contribution < -0.4 is 0 Å². The van der Waals surface area contributed by atoms with Crippen molar-refractivity contribution in [3.63, 3.8) is 0 Å². The molecule has 1 atom stereocenters. The van der Waals surface area contributed by atoms with E-state index >= 15 is 0 Å². The van der Waals surface area contributed by atoms with Gasteiger partial charge >= 0.3 is 10.1 Å². The molecule has 3 nitrogen and oxygen atoms in total. The van der Waals surface area contributed by atoms with Crippen molar-refractivity contribution in [2.24, 2.45) is 0 Å². The van der Waals surface area contributed by atoms with E-state index < -0.39 is 10.1 Å². The van der Waals surface area contributed by atoms with Crippen molar-refractivity contribution >= 4 is 26.0 Å². The Bertz CT molecular complexity index is 602. The zero-order valence-corrected chi connectivity index (χ0v) is 12.2. The molecule has 0 unspecified atom stereocenters. The zero-order chi connectivity index (χ0) is 13.2. The quantitative estimate of drug-likeness (QED) is 0.799. The van der Waals surface area contributed by atoms with Crippen molar-refractivity contribution in [3.05, 3.63) is 58.3 Å². The maximum absolute atomic E-state index is 11.2. The summed E-state index contributed by atoms with van der Waals surface area (Å²) < 4.78 is 28.5. The molecule has 0 radical (unpaired) electrons. The summed E-state index contributed by atoms with van der Waals surface area (Å²) in [6.45, 7) is 0. The van der Waals surface area contributed by atoms with Crippen LogP contribution in [0.4, 0.5) is 0 Å². The number of benzene rings is 1. The van der Waals surface area contributed by atoms with Gasteiger partial charge in [-0.15, -0.1) is 0 Å². The third kappa shape index (κ3) is 3.46. The van der Waals surface area contributed by atoms with Crippen molar-refractivity contribution in [3.8, 4) is 0 Å². The Balaban J connectivity index is 2.32.